The highest BCUT2D eigenvalue weighted by Crippen LogP contribution is 2.38. The molecule has 0 spiro atoms. The van der Waals surface area contributed by atoms with Crippen molar-refractivity contribution in [2.24, 2.45) is 5.92 Å². The molecular weight excluding hydrogens is 440 g/mol. The van der Waals surface area contributed by atoms with E-state index in [1.807, 2.05) is 31.1 Å². The zero-order valence-electron chi connectivity index (χ0n) is 20.6. The fourth-order valence-electron chi connectivity index (χ4n) is 6.03. The summed E-state index contributed by atoms with van der Waals surface area (Å²) in [7, 11) is 0. The minimum absolute atomic E-state index is 0.0264. The number of benzene rings is 1. The molecule has 182 valence electrons. The first kappa shape index (κ1) is 22.3. The molecule has 0 aliphatic carbocycles. The van der Waals surface area contributed by atoms with E-state index >= 15 is 0 Å². The predicted octanol–water partition coefficient (Wildman–Crippen LogP) is 4.19. The third-order valence-corrected chi connectivity index (χ3v) is 8.08. The molecule has 1 aromatic carbocycles. The Morgan fingerprint density at radius 2 is 2.09 bits per heavy atom. The lowest BCUT2D eigenvalue weighted by atomic mass is 9.85. The molecule has 0 saturated carbocycles. The van der Waals surface area contributed by atoms with Crippen molar-refractivity contribution in [3.05, 3.63) is 52.8 Å². The Hall–Kier alpha value is -3.19. The highest BCUT2D eigenvalue weighted by atomic mass is 16.6. The lowest BCUT2D eigenvalue weighted by Gasteiger charge is -2.35. The van der Waals surface area contributed by atoms with E-state index in [4.69, 9.17) is 4.74 Å². The first-order valence-corrected chi connectivity index (χ1v) is 12.6. The number of aromatic nitrogens is 2. The number of carbonyl (C=O) groups excluding carboxylic acids is 2. The van der Waals surface area contributed by atoms with Gasteiger partial charge in [-0.05, 0) is 86.5 Å². The largest absolute Gasteiger partial charge is 0.459 e. The van der Waals surface area contributed by atoms with Crippen molar-refractivity contribution < 1.29 is 14.3 Å². The fraction of sp³-hybridized carbons (Fsp3) is 0.464. The summed E-state index contributed by atoms with van der Waals surface area (Å²) in [6.45, 7) is 8.03. The van der Waals surface area contributed by atoms with Crippen LogP contribution in [0.25, 0.3) is 22.2 Å². The number of aryl methyl sites for hydroxylation is 1. The summed E-state index contributed by atoms with van der Waals surface area (Å²) in [5.41, 5.74) is 7.49. The van der Waals surface area contributed by atoms with Crippen LogP contribution in [0.2, 0.25) is 0 Å². The van der Waals surface area contributed by atoms with Crippen molar-refractivity contribution in [3.8, 4) is 11.1 Å². The van der Waals surface area contributed by atoms with Crippen LogP contribution in [0, 0.1) is 12.8 Å². The number of H-pyrrole nitrogens is 1. The lowest BCUT2D eigenvalue weighted by molar-refractivity contribution is -0.149. The number of rotatable bonds is 3. The van der Waals surface area contributed by atoms with Crippen molar-refractivity contribution in [1.82, 2.24) is 20.2 Å². The Balaban J connectivity index is 1.37. The van der Waals surface area contributed by atoms with Gasteiger partial charge in [0, 0.05) is 42.5 Å². The Bertz CT molecular complexity index is 1340. The molecule has 1 unspecified atom stereocenters. The molecule has 1 amide bonds. The summed E-state index contributed by atoms with van der Waals surface area (Å²) in [5, 5.41) is 4.81. The van der Waals surface area contributed by atoms with Gasteiger partial charge in [-0.25, -0.2) is 4.98 Å². The second kappa shape index (κ2) is 8.19. The number of esters is 1. The van der Waals surface area contributed by atoms with E-state index in [1.54, 1.807) is 0 Å². The molecule has 0 bridgehead atoms. The van der Waals surface area contributed by atoms with Gasteiger partial charge in [0.2, 0.25) is 5.91 Å². The van der Waals surface area contributed by atoms with Crippen LogP contribution < -0.4 is 5.32 Å². The van der Waals surface area contributed by atoms with Crippen LogP contribution in [0.5, 0.6) is 0 Å². The molecule has 3 aromatic rings. The quantitative estimate of drug-likeness (QED) is 0.558. The van der Waals surface area contributed by atoms with Gasteiger partial charge in [0.05, 0.1) is 12.3 Å². The van der Waals surface area contributed by atoms with Gasteiger partial charge in [-0.3, -0.25) is 9.59 Å². The predicted molar refractivity (Wildman–Crippen MR) is 134 cm³/mol. The minimum atomic E-state index is -0.754. The second-order valence-electron chi connectivity index (χ2n) is 10.8. The van der Waals surface area contributed by atoms with Crippen molar-refractivity contribution in [2.75, 3.05) is 13.1 Å². The first-order valence-electron chi connectivity index (χ1n) is 12.6. The number of fused-ring (bicyclic) bond motifs is 2. The highest BCUT2D eigenvalue weighted by molar-refractivity contribution is 5.88. The summed E-state index contributed by atoms with van der Waals surface area (Å²) in [4.78, 5) is 35.2. The van der Waals surface area contributed by atoms with E-state index in [1.165, 1.54) is 27.8 Å². The fourth-order valence-corrected chi connectivity index (χ4v) is 6.03. The SMILES string of the molecule is Cc1c[nH]c2ncc(-c3cc4c(c([C@@H]5CCCN5)c3)CN(C(=O)C3CC(=O)OC3(C)C)CC4)cc12. The molecule has 5 heterocycles. The van der Waals surface area contributed by atoms with Gasteiger partial charge < -0.3 is 19.9 Å². The molecular formula is C28H32N4O3. The minimum Gasteiger partial charge on any atom is -0.459 e. The van der Waals surface area contributed by atoms with Gasteiger partial charge in [0.15, 0.2) is 0 Å². The van der Waals surface area contributed by atoms with Crippen molar-refractivity contribution in [3.63, 3.8) is 0 Å². The Morgan fingerprint density at radius 3 is 2.83 bits per heavy atom. The molecule has 2 saturated heterocycles. The highest BCUT2D eigenvalue weighted by Gasteiger charge is 2.48. The summed E-state index contributed by atoms with van der Waals surface area (Å²) in [6, 6.07) is 7.09. The zero-order chi connectivity index (χ0) is 24.3. The second-order valence-corrected chi connectivity index (χ2v) is 10.8. The Kier molecular flexibility index (Phi) is 5.22. The monoisotopic (exact) mass is 472 g/mol. The van der Waals surface area contributed by atoms with E-state index in [-0.39, 0.29) is 24.3 Å². The Morgan fingerprint density at radius 1 is 1.23 bits per heavy atom. The van der Waals surface area contributed by atoms with Gasteiger partial charge in [-0.1, -0.05) is 6.07 Å². The van der Waals surface area contributed by atoms with E-state index in [0.717, 1.165) is 42.4 Å². The number of ether oxygens (including phenoxy) is 1. The van der Waals surface area contributed by atoms with Crippen LogP contribution in [-0.4, -0.2) is 45.4 Å². The van der Waals surface area contributed by atoms with Gasteiger partial charge in [0.1, 0.15) is 11.2 Å². The molecule has 3 aliphatic heterocycles. The molecule has 7 heteroatoms. The number of nitrogens with one attached hydrogen (secondary N) is 2. The molecule has 2 atom stereocenters. The molecule has 6 rings (SSSR count). The van der Waals surface area contributed by atoms with Gasteiger partial charge >= 0.3 is 5.97 Å². The van der Waals surface area contributed by atoms with Crippen molar-refractivity contribution in [1.29, 1.82) is 0 Å². The topological polar surface area (TPSA) is 87.3 Å². The van der Waals surface area contributed by atoms with E-state index in [0.29, 0.717) is 13.1 Å². The third kappa shape index (κ3) is 3.82. The molecule has 0 radical (unpaired) electrons. The van der Waals surface area contributed by atoms with Gasteiger partial charge in [0.25, 0.3) is 0 Å². The first-order chi connectivity index (χ1) is 16.8. The van der Waals surface area contributed by atoms with Crippen molar-refractivity contribution >= 4 is 22.9 Å². The number of cyclic esters (lactones) is 1. The molecule has 7 nitrogen and oxygen atoms in total. The number of hydrogen-bond donors (Lipinski definition) is 2. The van der Waals surface area contributed by atoms with Crippen LogP contribution >= 0.6 is 0 Å². The number of aromatic amines is 1. The molecule has 2 N–H and O–H groups in total. The summed E-state index contributed by atoms with van der Waals surface area (Å²) in [6.07, 6.45) is 7.16. The summed E-state index contributed by atoms with van der Waals surface area (Å²) in [5.74, 6) is -0.681. The van der Waals surface area contributed by atoms with E-state index < -0.39 is 11.5 Å². The van der Waals surface area contributed by atoms with Crippen LogP contribution in [0.3, 0.4) is 0 Å². The average molecular weight is 473 g/mol. The maximum absolute atomic E-state index is 13.5. The summed E-state index contributed by atoms with van der Waals surface area (Å²) < 4.78 is 5.44. The normalized spacial score (nSPS) is 23.5. The maximum atomic E-state index is 13.5. The van der Waals surface area contributed by atoms with E-state index in [9.17, 15) is 9.59 Å². The maximum Gasteiger partial charge on any atom is 0.307 e. The number of pyridine rings is 1. The summed E-state index contributed by atoms with van der Waals surface area (Å²) >= 11 is 0. The number of nitrogens with zero attached hydrogens (tertiary/aromatic N) is 2. The van der Waals surface area contributed by atoms with Crippen LogP contribution in [0.4, 0.5) is 0 Å². The third-order valence-electron chi connectivity index (χ3n) is 8.08. The standard InChI is InChI=1S/C28H32N4O3/c1-16-13-30-26-20(16)11-19(14-31-26)18-9-17-6-8-32(27(34)23-12-25(33)35-28(23,2)3)15-22(17)21(10-18)24-5-4-7-29-24/h9-11,13-14,23-24,29H,4-8,12,15H2,1-3H3,(H,30,31)/t23?,24-/m0/s1. The number of amides is 1. The van der Waals surface area contributed by atoms with Crippen LogP contribution in [0.1, 0.15) is 61.4 Å². The van der Waals surface area contributed by atoms with Gasteiger partial charge in [-0.2, -0.15) is 0 Å². The average Bonchev–Trinajstić information content (AvgIpc) is 3.56. The van der Waals surface area contributed by atoms with Crippen LogP contribution in [0.15, 0.2) is 30.6 Å². The molecule has 3 aliphatic rings. The molecule has 35 heavy (non-hydrogen) atoms. The molecule has 2 aromatic heterocycles. The van der Waals surface area contributed by atoms with Crippen LogP contribution in [-0.2, 0) is 27.3 Å². The zero-order valence-corrected chi connectivity index (χ0v) is 20.6. The number of carbonyl (C=O) groups is 2. The van der Waals surface area contributed by atoms with Crippen molar-refractivity contribution in [2.45, 2.75) is 64.6 Å². The van der Waals surface area contributed by atoms with Gasteiger partial charge in [-0.15, -0.1) is 0 Å². The smallest absolute Gasteiger partial charge is 0.307 e. The lowest BCUT2D eigenvalue weighted by Crippen LogP contribution is -2.45. The van der Waals surface area contributed by atoms with E-state index in [2.05, 4.69) is 40.4 Å². The Labute approximate surface area is 205 Å². The number of hydrogen-bond acceptors (Lipinski definition) is 5. The molecule has 2 fully saturated rings.